The molecule has 0 spiro atoms. The minimum absolute atomic E-state index is 0.0349. The summed E-state index contributed by atoms with van der Waals surface area (Å²) < 4.78 is 0. The lowest BCUT2D eigenvalue weighted by Gasteiger charge is -2.22. The Labute approximate surface area is 153 Å². The maximum atomic E-state index is 11.6. The van der Waals surface area contributed by atoms with Gasteiger partial charge >= 0.3 is 5.97 Å². The summed E-state index contributed by atoms with van der Waals surface area (Å²) in [7, 11) is 0. The average molecular weight is 351 g/mol. The number of carboxylic acids is 1. The number of benzene rings is 2. The number of hydrogen-bond donors (Lipinski definition) is 3. The monoisotopic (exact) mass is 351 g/mol. The number of carboxylic acid groups (broad SMARTS) is 1. The number of nitrogens with one attached hydrogen (secondary N) is 1. The quantitative estimate of drug-likeness (QED) is 0.596. The zero-order chi connectivity index (χ0) is 19.1. The van der Waals surface area contributed by atoms with Gasteiger partial charge in [-0.15, -0.1) is 0 Å². The van der Waals surface area contributed by atoms with Gasteiger partial charge in [-0.1, -0.05) is 51.1 Å². The van der Waals surface area contributed by atoms with Crippen LogP contribution in [-0.2, 0) is 0 Å². The van der Waals surface area contributed by atoms with Crippen LogP contribution in [0.1, 0.15) is 54.9 Å². The first-order chi connectivity index (χ1) is 12.2. The zero-order valence-corrected chi connectivity index (χ0v) is 15.6. The van der Waals surface area contributed by atoms with Crippen molar-refractivity contribution in [3.05, 3.63) is 59.3 Å². The molecule has 0 radical (unpaired) electrons. The molecule has 3 aromatic rings. The van der Waals surface area contributed by atoms with Crippen molar-refractivity contribution >= 4 is 16.9 Å². The number of aliphatic hydroxyl groups is 1. The number of H-pyrrole nitrogens is 1. The van der Waals surface area contributed by atoms with E-state index in [-0.39, 0.29) is 11.0 Å². The third-order valence-corrected chi connectivity index (χ3v) is 4.60. The van der Waals surface area contributed by atoms with E-state index in [9.17, 15) is 15.0 Å². The van der Waals surface area contributed by atoms with Gasteiger partial charge in [0, 0.05) is 16.5 Å². The van der Waals surface area contributed by atoms with Crippen LogP contribution in [0.15, 0.2) is 42.5 Å². The van der Waals surface area contributed by atoms with E-state index in [2.05, 4.69) is 25.8 Å². The predicted octanol–water partition coefficient (Wildman–Crippen LogP) is 5.31. The van der Waals surface area contributed by atoms with Gasteiger partial charge in [-0.3, -0.25) is 0 Å². The number of rotatable bonds is 4. The normalized spacial score (nSPS) is 13.1. The molecule has 0 aliphatic heterocycles. The van der Waals surface area contributed by atoms with Gasteiger partial charge < -0.3 is 15.2 Å². The molecule has 1 atom stereocenters. The van der Waals surface area contributed by atoms with E-state index in [1.54, 1.807) is 13.0 Å². The average Bonchev–Trinajstić information content (AvgIpc) is 2.91. The molecule has 1 unspecified atom stereocenters. The predicted molar refractivity (Wildman–Crippen MR) is 104 cm³/mol. The van der Waals surface area contributed by atoms with Crippen LogP contribution in [0.4, 0.5) is 0 Å². The maximum absolute atomic E-state index is 11.6. The van der Waals surface area contributed by atoms with Crippen LogP contribution >= 0.6 is 0 Å². The summed E-state index contributed by atoms with van der Waals surface area (Å²) in [6.45, 7) is 8.06. The molecule has 0 aliphatic rings. The van der Waals surface area contributed by atoms with Gasteiger partial charge in [0.05, 0.1) is 17.4 Å². The van der Waals surface area contributed by atoms with Crippen LogP contribution in [-0.4, -0.2) is 21.2 Å². The summed E-state index contributed by atoms with van der Waals surface area (Å²) in [6, 6.07) is 13.3. The summed E-state index contributed by atoms with van der Waals surface area (Å²) in [6.07, 6.45) is -0.0593. The van der Waals surface area contributed by atoms with Crippen molar-refractivity contribution in [2.45, 2.75) is 40.2 Å². The molecule has 136 valence electrons. The number of aromatic carboxylic acids is 1. The molecule has 4 heteroatoms. The Kier molecular flexibility index (Phi) is 4.63. The van der Waals surface area contributed by atoms with Crippen LogP contribution in [0.3, 0.4) is 0 Å². The Balaban J connectivity index is 2.28. The molecule has 0 fully saturated rings. The number of aromatic nitrogens is 1. The van der Waals surface area contributed by atoms with E-state index < -0.39 is 12.1 Å². The number of aryl methyl sites for hydroxylation is 1. The van der Waals surface area contributed by atoms with Crippen molar-refractivity contribution in [1.29, 1.82) is 0 Å². The molecule has 3 N–H and O–H groups in total. The van der Waals surface area contributed by atoms with E-state index in [0.717, 1.165) is 27.7 Å². The van der Waals surface area contributed by atoms with Crippen LogP contribution in [0.5, 0.6) is 0 Å². The van der Waals surface area contributed by atoms with Crippen LogP contribution in [0, 0.1) is 12.3 Å². The van der Waals surface area contributed by atoms with Gasteiger partial charge in [-0.05, 0) is 42.0 Å². The van der Waals surface area contributed by atoms with E-state index in [1.807, 2.05) is 36.4 Å². The van der Waals surface area contributed by atoms with E-state index >= 15 is 0 Å². The molecular weight excluding hydrogens is 326 g/mol. The molecule has 0 amide bonds. The summed E-state index contributed by atoms with van der Waals surface area (Å²) >= 11 is 0. The van der Waals surface area contributed by atoms with Crippen LogP contribution < -0.4 is 0 Å². The van der Waals surface area contributed by atoms with Crippen molar-refractivity contribution in [3.63, 3.8) is 0 Å². The van der Waals surface area contributed by atoms with Gasteiger partial charge in [-0.25, -0.2) is 4.79 Å². The third-order valence-electron chi connectivity index (χ3n) is 4.60. The van der Waals surface area contributed by atoms with Gasteiger partial charge in [0.25, 0.3) is 0 Å². The van der Waals surface area contributed by atoms with Gasteiger partial charge in [0.1, 0.15) is 0 Å². The lowest BCUT2D eigenvalue weighted by molar-refractivity contribution is 0.0696. The Hall–Kier alpha value is -2.59. The van der Waals surface area contributed by atoms with Gasteiger partial charge in [0.15, 0.2) is 0 Å². The fourth-order valence-electron chi connectivity index (χ4n) is 3.45. The molecule has 0 saturated heterocycles. The van der Waals surface area contributed by atoms with Crippen molar-refractivity contribution in [2.24, 2.45) is 5.41 Å². The van der Waals surface area contributed by atoms with Crippen molar-refractivity contribution < 1.29 is 15.0 Å². The Bertz CT molecular complexity index is 949. The topological polar surface area (TPSA) is 73.3 Å². The van der Waals surface area contributed by atoms with E-state index in [4.69, 9.17) is 0 Å². The molecule has 0 saturated carbocycles. The number of fused-ring (bicyclic) bond motifs is 1. The molecular formula is C22H25NO3. The van der Waals surface area contributed by atoms with E-state index in [0.29, 0.717) is 12.0 Å². The summed E-state index contributed by atoms with van der Waals surface area (Å²) in [5.74, 6) is -0.943. The zero-order valence-electron chi connectivity index (χ0n) is 15.6. The highest BCUT2D eigenvalue weighted by Gasteiger charge is 2.25. The first kappa shape index (κ1) is 18.2. The largest absolute Gasteiger partial charge is 0.478 e. The first-order valence-electron chi connectivity index (χ1n) is 8.80. The Morgan fingerprint density at radius 3 is 2.38 bits per heavy atom. The molecule has 0 bridgehead atoms. The van der Waals surface area contributed by atoms with E-state index in [1.165, 1.54) is 0 Å². The highest BCUT2D eigenvalue weighted by Crippen LogP contribution is 2.40. The molecule has 2 aromatic carbocycles. The van der Waals surface area contributed by atoms with Crippen molar-refractivity contribution in [2.75, 3.05) is 0 Å². The summed E-state index contributed by atoms with van der Waals surface area (Å²) in [4.78, 5) is 14.9. The number of hydrogen-bond acceptors (Lipinski definition) is 2. The minimum Gasteiger partial charge on any atom is -0.478 e. The smallest absolute Gasteiger partial charge is 0.335 e. The first-order valence-corrected chi connectivity index (χ1v) is 8.80. The molecule has 26 heavy (non-hydrogen) atoms. The van der Waals surface area contributed by atoms with Crippen molar-refractivity contribution in [1.82, 2.24) is 4.98 Å². The fraction of sp³-hybridized carbons (Fsp3) is 0.318. The lowest BCUT2D eigenvalue weighted by atomic mass is 9.86. The minimum atomic E-state index is -0.943. The van der Waals surface area contributed by atoms with Crippen molar-refractivity contribution in [3.8, 4) is 11.1 Å². The highest BCUT2D eigenvalue weighted by molar-refractivity contribution is 6.02. The maximum Gasteiger partial charge on any atom is 0.335 e. The summed E-state index contributed by atoms with van der Waals surface area (Å²) in [5, 5.41) is 21.2. The second kappa shape index (κ2) is 6.61. The van der Waals surface area contributed by atoms with Crippen LogP contribution in [0.25, 0.3) is 22.0 Å². The fourth-order valence-corrected chi connectivity index (χ4v) is 3.45. The third kappa shape index (κ3) is 3.51. The molecule has 1 heterocycles. The molecule has 3 rings (SSSR count). The highest BCUT2D eigenvalue weighted by atomic mass is 16.4. The lowest BCUT2D eigenvalue weighted by Crippen LogP contribution is -2.12. The van der Waals surface area contributed by atoms with Gasteiger partial charge in [0.2, 0.25) is 0 Å². The standard InChI is InChI=1S/C22H25NO3/c1-13-10-17-16(11-15(13)21(25)26)19(14-8-6-5-7-9-14)20(23-17)18(24)12-22(2,3)4/h5-11,18,23-24H,12H2,1-4H3,(H,25,26). The van der Waals surface area contributed by atoms with Crippen LogP contribution in [0.2, 0.25) is 0 Å². The number of aliphatic hydroxyl groups excluding tert-OH is 1. The molecule has 1 aromatic heterocycles. The number of aromatic amines is 1. The number of carbonyl (C=O) groups is 1. The second-order valence-corrected chi connectivity index (χ2v) is 8.08. The second-order valence-electron chi connectivity index (χ2n) is 8.08. The molecule has 4 nitrogen and oxygen atoms in total. The molecule has 0 aliphatic carbocycles. The SMILES string of the molecule is Cc1cc2[nH]c(C(O)CC(C)(C)C)c(-c3ccccc3)c2cc1C(=O)O. The summed E-state index contributed by atoms with van der Waals surface area (Å²) in [5.41, 5.74) is 4.36. The Morgan fingerprint density at radius 1 is 1.15 bits per heavy atom. The van der Waals surface area contributed by atoms with Gasteiger partial charge in [-0.2, -0.15) is 0 Å². The Morgan fingerprint density at radius 2 is 1.81 bits per heavy atom.